The smallest absolute Gasteiger partial charge is 0.264 e. The lowest BCUT2D eigenvalue weighted by Gasteiger charge is -2.60. The third-order valence-corrected chi connectivity index (χ3v) is 19.5. The summed E-state index contributed by atoms with van der Waals surface area (Å²) in [5.41, 5.74) is 5.51. The lowest BCUT2D eigenvalue weighted by atomic mass is 9.72. The monoisotopic (exact) mass is 1050 g/mol. The quantitative estimate of drug-likeness (QED) is 0.0995. The van der Waals surface area contributed by atoms with Crippen molar-refractivity contribution in [2.24, 2.45) is 15.9 Å². The predicted octanol–water partition coefficient (Wildman–Crippen LogP) is 8.83. The standard InChI is InChI=1S/C53H66F2N10O6S.C2H4O/c1-31(2)46(52(68)64-19-8-10-42(64)50(66)56-32(3)34-11-13-35(14-12-34)47-33(4)72(47,6)59-69)44-25-45(58-71-44)61-27-53(28-61)29-62(30-53)51(67)39-23-36-9-7-18-63(43(36)24-38(39)48(54)55)49-40-26-60(5)20-15-41(40)65(57-49)37-16-21-70-22-17-37;1-2-3/h11-14,23-25,31-32,37,42,46,48H,7-10,15-22,26-30H2,1-6H3,(H,56,66);2H,1H3. The van der Waals surface area contributed by atoms with Gasteiger partial charge >= 0.3 is 0 Å². The van der Waals surface area contributed by atoms with Crippen molar-refractivity contribution in [1.82, 2.24) is 35.0 Å². The number of allylic oxidation sites excluding steroid dienone is 1. The van der Waals surface area contributed by atoms with Crippen molar-refractivity contribution < 1.29 is 37.2 Å². The Balaban J connectivity index is 0.00000209. The van der Waals surface area contributed by atoms with Gasteiger partial charge in [0.25, 0.3) is 12.3 Å². The molecule has 11 rings (SSSR count). The number of halogens is 2. The summed E-state index contributed by atoms with van der Waals surface area (Å²) in [5.74, 6) is 0.316. The van der Waals surface area contributed by atoms with Crippen LogP contribution in [0.1, 0.15) is 141 Å². The number of benzene rings is 2. The van der Waals surface area contributed by atoms with Gasteiger partial charge in [-0.25, -0.2) is 8.78 Å². The van der Waals surface area contributed by atoms with Crippen LogP contribution >= 0.6 is 10.2 Å². The molecule has 75 heavy (non-hydrogen) atoms. The van der Waals surface area contributed by atoms with E-state index in [-0.39, 0.29) is 52.3 Å². The van der Waals surface area contributed by atoms with Crippen LogP contribution in [0.3, 0.4) is 0 Å². The number of aryl methyl sites for hydroxylation is 1. The van der Waals surface area contributed by atoms with Gasteiger partial charge in [0.05, 0.1) is 12.1 Å². The molecule has 4 saturated heterocycles. The molecule has 7 aliphatic rings. The average Bonchev–Trinajstić information content (AvgIpc) is 3.94. The first-order valence-electron chi connectivity index (χ1n) is 26.5. The predicted molar refractivity (Wildman–Crippen MR) is 284 cm³/mol. The largest absolute Gasteiger partial charge is 0.381 e. The number of alkyl halides is 2. The number of aromatic nitrogens is 3. The molecule has 0 aliphatic carbocycles. The fraction of sp³-hybridized carbons (Fsp3) is 0.564. The van der Waals surface area contributed by atoms with Crippen LogP contribution in [0.2, 0.25) is 0 Å². The molecule has 20 heteroatoms. The number of anilines is 3. The van der Waals surface area contributed by atoms with E-state index in [1.54, 1.807) is 21.9 Å². The molecule has 0 bridgehead atoms. The number of likely N-dealkylation sites (N-methyl/N-ethyl adjacent to an activating group) is 1. The highest BCUT2D eigenvalue weighted by Crippen LogP contribution is 2.79. The summed E-state index contributed by atoms with van der Waals surface area (Å²) in [7, 11) is 0.423. The highest BCUT2D eigenvalue weighted by molar-refractivity contribution is 8.48. The molecular weight excluding hydrogens is 983 g/mol. The molecule has 9 heterocycles. The molecule has 3 amide bonds. The van der Waals surface area contributed by atoms with Gasteiger partial charge in [0.2, 0.25) is 11.8 Å². The number of amides is 3. The average molecular weight is 1050 g/mol. The van der Waals surface area contributed by atoms with Crippen LogP contribution in [0.25, 0.3) is 4.91 Å². The third-order valence-electron chi connectivity index (χ3n) is 16.6. The first-order valence-corrected chi connectivity index (χ1v) is 28.5. The van der Waals surface area contributed by atoms with E-state index >= 15 is 8.78 Å². The minimum Gasteiger partial charge on any atom is -0.381 e. The number of hydrogen-bond donors (Lipinski definition) is 1. The van der Waals surface area contributed by atoms with Gasteiger partial charge in [-0.15, -0.1) is 4.91 Å². The molecule has 402 valence electrons. The summed E-state index contributed by atoms with van der Waals surface area (Å²) in [6, 6.07) is 12.3. The highest BCUT2D eigenvalue weighted by Gasteiger charge is 2.54. The summed E-state index contributed by atoms with van der Waals surface area (Å²) >= 11 is 0. The van der Waals surface area contributed by atoms with Gasteiger partial charge < -0.3 is 43.9 Å². The minimum atomic E-state index is -2.83. The number of rotatable bonds is 13. The molecule has 1 N–H and O–H groups in total. The number of likely N-dealkylation sites (tertiary alicyclic amines) is 2. The van der Waals surface area contributed by atoms with Gasteiger partial charge in [0.1, 0.15) is 18.2 Å². The summed E-state index contributed by atoms with van der Waals surface area (Å²) in [6.45, 7) is 15.5. The normalized spacial score (nSPS) is 23.9. The Morgan fingerprint density at radius 3 is 2.35 bits per heavy atom. The summed E-state index contributed by atoms with van der Waals surface area (Å²) in [5, 5.41) is 12.8. The van der Waals surface area contributed by atoms with E-state index in [0.717, 1.165) is 82.9 Å². The van der Waals surface area contributed by atoms with Crippen LogP contribution < -0.4 is 15.1 Å². The Morgan fingerprint density at radius 2 is 1.68 bits per heavy atom. The number of nitroso groups, excluding NO2 is 1. The van der Waals surface area contributed by atoms with Gasteiger partial charge in [-0.3, -0.25) is 19.1 Å². The SMILES string of the molecule is CC1=C(c2ccc(C(C)NC(=O)C3CCCN3C(=O)C(c3cc(N4CC5(CN(C(=O)c6cc7c(cc6C(F)F)N(c6nn(C8CCOCC8)c8c6CN(C)CC8)CCC7)C5)C4)no3)C(C)C)cc2)S1(C)N=O.CC=O. The molecule has 2 aromatic heterocycles. The third kappa shape index (κ3) is 9.68. The van der Waals surface area contributed by atoms with E-state index < -0.39 is 28.6 Å². The topological polar surface area (TPSA) is 179 Å². The fourth-order valence-electron chi connectivity index (χ4n) is 12.5. The van der Waals surface area contributed by atoms with Gasteiger partial charge in [-0.05, 0) is 112 Å². The number of carbonyl (C=O) groups is 4. The second-order valence-corrected chi connectivity index (χ2v) is 25.0. The summed E-state index contributed by atoms with van der Waals surface area (Å²) in [4.78, 5) is 74.5. The number of nitrogens with zero attached hydrogens (tertiary/aromatic N) is 9. The van der Waals surface area contributed by atoms with Crippen molar-refractivity contribution in [3.63, 3.8) is 0 Å². The van der Waals surface area contributed by atoms with Gasteiger partial charge in [-0.1, -0.05) is 53.5 Å². The van der Waals surface area contributed by atoms with Crippen molar-refractivity contribution in [3.05, 3.63) is 97.1 Å². The Bertz CT molecular complexity index is 2890. The Morgan fingerprint density at radius 1 is 0.960 bits per heavy atom. The maximum atomic E-state index is 15.1. The van der Waals surface area contributed by atoms with Crippen molar-refractivity contribution in [2.75, 3.05) is 82.1 Å². The number of fused-ring (bicyclic) bond motifs is 2. The molecule has 4 atom stereocenters. The van der Waals surface area contributed by atoms with Crippen molar-refractivity contribution >= 4 is 56.5 Å². The highest BCUT2D eigenvalue weighted by atomic mass is 32.3. The van der Waals surface area contributed by atoms with E-state index in [0.29, 0.717) is 89.0 Å². The zero-order valence-electron chi connectivity index (χ0n) is 44.2. The molecule has 7 aliphatic heterocycles. The number of carbonyl (C=O) groups excluding carboxylic acids is 4. The Kier molecular flexibility index (Phi) is 14.6. The Labute approximate surface area is 438 Å². The summed E-state index contributed by atoms with van der Waals surface area (Å²) < 4.78 is 47.3. The maximum Gasteiger partial charge on any atom is 0.264 e. The first-order chi connectivity index (χ1) is 36.0. The van der Waals surface area contributed by atoms with Crippen LogP contribution in [-0.4, -0.2) is 132 Å². The van der Waals surface area contributed by atoms with E-state index in [9.17, 15) is 19.3 Å². The lowest BCUT2D eigenvalue weighted by Crippen LogP contribution is -2.73. The van der Waals surface area contributed by atoms with Crippen LogP contribution in [0, 0.1) is 16.2 Å². The van der Waals surface area contributed by atoms with Crippen LogP contribution in [0.4, 0.5) is 26.1 Å². The van der Waals surface area contributed by atoms with Gasteiger partial charge in [-0.2, -0.15) is 5.10 Å². The van der Waals surface area contributed by atoms with E-state index in [2.05, 4.69) is 41.5 Å². The number of nitrogens with one attached hydrogen (secondary N) is 1. The molecule has 4 aromatic rings. The molecule has 2 aromatic carbocycles. The second-order valence-electron chi connectivity index (χ2n) is 22.1. The molecule has 4 fully saturated rings. The molecule has 4 unspecified atom stereocenters. The molecule has 1 spiro atoms. The van der Waals surface area contributed by atoms with Crippen molar-refractivity contribution in [3.8, 4) is 0 Å². The van der Waals surface area contributed by atoms with Gasteiger partial charge in [0, 0.05) is 121 Å². The fourth-order valence-corrected chi connectivity index (χ4v) is 14.6. The lowest BCUT2D eigenvalue weighted by molar-refractivity contribution is -0.141. The maximum absolute atomic E-state index is 15.1. The molecule has 0 saturated carbocycles. The van der Waals surface area contributed by atoms with E-state index in [4.69, 9.17) is 19.2 Å². The van der Waals surface area contributed by atoms with E-state index in [1.165, 1.54) is 12.6 Å². The van der Waals surface area contributed by atoms with Gasteiger partial charge in [0.15, 0.2) is 17.4 Å². The summed E-state index contributed by atoms with van der Waals surface area (Å²) in [6.07, 6.45) is 5.24. The zero-order valence-corrected chi connectivity index (χ0v) is 45.0. The molecule has 0 radical (unpaired) electrons. The van der Waals surface area contributed by atoms with Crippen LogP contribution in [0.5, 0.6) is 0 Å². The van der Waals surface area contributed by atoms with Crippen LogP contribution in [0.15, 0.2) is 56.5 Å². The van der Waals surface area contributed by atoms with Crippen molar-refractivity contribution in [1.29, 1.82) is 0 Å². The number of ether oxygens (including phenoxy) is 1. The van der Waals surface area contributed by atoms with Crippen LogP contribution in [-0.2, 0) is 38.5 Å². The molecular formula is C55H70F2N10O7S. The number of aldehydes is 1. The first kappa shape index (κ1) is 52.5. The Hall–Kier alpha value is -5.99. The van der Waals surface area contributed by atoms with Crippen molar-refractivity contribution in [2.45, 2.75) is 117 Å². The van der Waals surface area contributed by atoms with E-state index in [1.807, 2.05) is 64.3 Å². The molecule has 17 nitrogen and oxygen atoms in total. The number of hydrogen-bond acceptors (Lipinski definition) is 13. The zero-order chi connectivity index (χ0) is 53.1. The minimum absolute atomic E-state index is 0.0690. The second kappa shape index (κ2) is 20.9.